The molecule has 1 aliphatic rings. The van der Waals surface area contributed by atoms with Gasteiger partial charge in [0.2, 0.25) is 5.95 Å². The van der Waals surface area contributed by atoms with Crippen LogP contribution in [0.2, 0.25) is 0 Å². The number of nitrogen functional groups attached to an aromatic ring is 1. The zero-order valence-electron chi connectivity index (χ0n) is 13.3. The molecule has 0 bridgehead atoms. The Bertz CT molecular complexity index is 800. The lowest BCUT2D eigenvalue weighted by atomic mass is 9.96. The Kier molecular flexibility index (Phi) is 4.37. The standard InChI is InChI=1S/C16H19N5O3/c1-24-15(23)10-2-4-11(5-3-10)18-7-9-6-12-13(19-8-9)20-16(17)21-14(12)22/h2-5,9,18H,6-8H2,1H3,(H4,17,19,20,21,22). The van der Waals surface area contributed by atoms with Gasteiger partial charge >= 0.3 is 5.97 Å². The molecule has 1 aromatic heterocycles. The molecule has 3 rings (SSSR count). The molecule has 0 radical (unpaired) electrons. The molecular formula is C16H19N5O3. The number of carbonyl (C=O) groups is 1. The van der Waals surface area contributed by atoms with Gasteiger partial charge in [0.25, 0.3) is 5.56 Å². The van der Waals surface area contributed by atoms with Crippen molar-refractivity contribution in [1.29, 1.82) is 0 Å². The van der Waals surface area contributed by atoms with Gasteiger partial charge in [-0.15, -0.1) is 0 Å². The number of benzene rings is 1. The van der Waals surface area contributed by atoms with Crippen molar-refractivity contribution in [2.24, 2.45) is 5.92 Å². The number of nitrogens with zero attached hydrogens (tertiary/aromatic N) is 1. The van der Waals surface area contributed by atoms with Crippen LogP contribution in [-0.2, 0) is 11.2 Å². The summed E-state index contributed by atoms with van der Waals surface area (Å²) in [4.78, 5) is 30.0. The van der Waals surface area contributed by atoms with Crippen molar-refractivity contribution in [2.45, 2.75) is 6.42 Å². The fourth-order valence-electron chi connectivity index (χ4n) is 2.70. The van der Waals surface area contributed by atoms with E-state index in [2.05, 4.69) is 25.3 Å². The van der Waals surface area contributed by atoms with Gasteiger partial charge in [0, 0.05) is 18.8 Å². The molecule has 24 heavy (non-hydrogen) atoms. The Morgan fingerprint density at radius 3 is 2.88 bits per heavy atom. The Hall–Kier alpha value is -3.03. The molecule has 0 amide bonds. The van der Waals surface area contributed by atoms with Crippen LogP contribution in [0, 0.1) is 5.92 Å². The summed E-state index contributed by atoms with van der Waals surface area (Å²) in [5, 5.41) is 6.46. The molecule has 0 saturated heterocycles. The topological polar surface area (TPSA) is 122 Å². The molecule has 0 aliphatic carbocycles. The minimum atomic E-state index is -0.361. The molecule has 1 unspecified atom stereocenters. The first-order chi connectivity index (χ1) is 11.6. The summed E-state index contributed by atoms with van der Waals surface area (Å²) >= 11 is 0. The molecule has 1 atom stereocenters. The SMILES string of the molecule is COC(=O)c1ccc(NCC2CNc3nc(N)[nH]c(=O)c3C2)cc1. The van der Waals surface area contributed by atoms with Crippen molar-refractivity contribution in [1.82, 2.24) is 9.97 Å². The van der Waals surface area contributed by atoms with Crippen LogP contribution in [0.4, 0.5) is 17.5 Å². The van der Waals surface area contributed by atoms with Crippen molar-refractivity contribution >= 4 is 23.4 Å². The van der Waals surface area contributed by atoms with Crippen LogP contribution in [0.25, 0.3) is 0 Å². The van der Waals surface area contributed by atoms with Crippen LogP contribution in [0.1, 0.15) is 15.9 Å². The molecule has 1 aromatic carbocycles. The van der Waals surface area contributed by atoms with Gasteiger partial charge in [-0.05, 0) is 36.6 Å². The van der Waals surface area contributed by atoms with Crippen molar-refractivity contribution in [3.05, 3.63) is 45.7 Å². The fraction of sp³-hybridized carbons (Fsp3) is 0.312. The molecule has 0 spiro atoms. The first-order valence-corrected chi connectivity index (χ1v) is 7.61. The highest BCUT2D eigenvalue weighted by atomic mass is 16.5. The number of H-pyrrole nitrogens is 1. The zero-order chi connectivity index (χ0) is 17.1. The summed E-state index contributed by atoms with van der Waals surface area (Å²) in [6.07, 6.45) is 0.623. The molecule has 5 N–H and O–H groups in total. The normalized spacial score (nSPS) is 16.0. The third-order valence-electron chi connectivity index (χ3n) is 3.99. The molecule has 126 valence electrons. The van der Waals surface area contributed by atoms with E-state index in [0.29, 0.717) is 36.5 Å². The number of carbonyl (C=O) groups excluding carboxylic acids is 1. The molecule has 8 heteroatoms. The van der Waals surface area contributed by atoms with E-state index < -0.39 is 0 Å². The number of aromatic nitrogens is 2. The number of fused-ring (bicyclic) bond motifs is 1. The number of hydrogen-bond acceptors (Lipinski definition) is 7. The second kappa shape index (κ2) is 6.61. The minimum Gasteiger partial charge on any atom is -0.465 e. The Labute approximate surface area is 138 Å². The average molecular weight is 329 g/mol. The van der Waals surface area contributed by atoms with Crippen LogP contribution in [0.15, 0.2) is 29.1 Å². The van der Waals surface area contributed by atoms with Gasteiger partial charge in [-0.3, -0.25) is 9.78 Å². The fourth-order valence-corrected chi connectivity index (χ4v) is 2.70. The lowest BCUT2D eigenvalue weighted by Crippen LogP contribution is -2.34. The number of nitrogens with two attached hydrogens (primary N) is 1. The van der Waals surface area contributed by atoms with E-state index in [1.54, 1.807) is 12.1 Å². The van der Waals surface area contributed by atoms with E-state index in [4.69, 9.17) is 5.73 Å². The highest BCUT2D eigenvalue weighted by molar-refractivity contribution is 5.89. The van der Waals surface area contributed by atoms with Gasteiger partial charge in [0.1, 0.15) is 5.82 Å². The van der Waals surface area contributed by atoms with Crippen molar-refractivity contribution in [3.63, 3.8) is 0 Å². The average Bonchev–Trinajstić information content (AvgIpc) is 2.60. The number of ether oxygens (including phenoxy) is 1. The summed E-state index contributed by atoms with van der Waals surface area (Å²) in [6.45, 7) is 1.39. The van der Waals surface area contributed by atoms with Crippen molar-refractivity contribution in [3.8, 4) is 0 Å². The monoisotopic (exact) mass is 329 g/mol. The maximum Gasteiger partial charge on any atom is 0.337 e. The van der Waals surface area contributed by atoms with E-state index in [1.165, 1.54) is 7.11 Å². The van der Waals surface area contributed by atoms with E-state index >= 15 is 0 Å². The quantitative estimate of drug-likeness (QED) is 0.613. The molecular weight excluding hydrogens is 310 g/mol. The van der Waals surface area contributed by atoms with Crippen LogP contribution >= 0.6 is 0 Å². The van der Waals surface area contributed by atoms with Gasteiger partial charge in [-0.25, -0.2) is 4.79 Å². The number of esters is 1. The van der Waals surface area contributed by atoms with E-state index in [0.717, 1.165) is 5.69 Å². The minimum absolute atomic E-state index is 0.119. The summed E-state index contributed by atoms with van der Waals surface area (Å²) in [5.74, 6) is 0.563. The highest BCUT2D eigenvalue weighted by Gasteiger charge is 2.22. The van der Waals surface area contributed by atoms with Crippen LogP contribution in [-0.4, -0.2) is 36.1 Å². The van der Waals surface area contributed by atoms with Crippen molar-refractivity contribution in [2.75, 3.05) is 36.6 Å². The highest BCUT2D eigenvalue weighted by Crippen LogP contribution is 2.20. The Morgan fingerprint density at radius 1 is 1.42 bits per heavy atom. The number of rotatable bonds is 4. The molecule has 0 saturated carbocycles. The van der Waals surface area contributed by atoms with Crippen molar-refractivity contribution < 1.29 is 9.53 Å². The third kappa shape index (κ3) is 3.32. The number of anilines is 3. The third-order valence-corrected chi connectivity index (χ3v) is 3.99. The maximum atomic E-state index is 12.0. The molecule has 2 heterocycles. The van der Waals surface area contributed by atoms with Gasteiger partial charge in [0.05, 0.1) is 18.2 Å². The summed E-state index contributed by atoms with van der Waals surface area (Å²) in [5.41, 5.74) is 7.38. The van der Waals surface area contributed by atoms with Crippen LogP contribution < -0.4 is 21.9 Å². The first kappa shape index (κ1) is 15.9. The predicted octanol–water partition coefficient (Wildman–Crippen LogP) is 0.835. The van der Waals surface area contributed by atoms with Gasteiger partial charge in [-0.2, -0.15) is 4.98 Å². The predicted molar refractivity (Wildman–Crippen MR) is 91.2 cm³/mol. The lowest BCUT2D eigenvalue weighted by molar-refractivity contribution is 0.0601. The second-order valence-electron chi connectivity index (χ2n) is 5.68. The van der Waals surface area contributed by atoms with Gasteiger partial charge < -0.3 is 21.1 Å². The summed E-state index contributed by atoms with van der Waals surface area (Å²) < 4.78 is 4.67. The first-order valence-electron chi connectivity index (χ1n) is 7.61. The lowest BCUT2D eigenvalue weighted by Gasteiger charge is -2.25. The van der Waals surface area contributed by atoms with E-state index in [-0.39, 0.29) is 23.4 Å². The van der Waals surface area contributed by atoms with E-state index in [1.807, 2.05) is 12.1 Å². The van der Waals surface area contributed by atoms with E-state index in [9.17, 15) is 9.59 Å². The largest absolute Gasteiger partial charge is 0.465 e. The Balaban J connectivity index is 1.62. The Morgan fingerprint density at radius 2 is 2.17 bits per heavy atom. The zero-order valence-corrected chi connectivity index (χ0v) is 13.3. The number of methoxy groups -OCH3 is 1. The second-order valence-corrected chi connectivity index (χ2v) is 5.68. The van der Waals surface area contributed by atoms with Crippen LogP contribution in [0.3, 0.4) is 0 Å². The maximum absolute atomic E-state index is 12.0. The summed E-state index contributed by atoms with van der Waals surface area (Å²) in [6, 6.07) is 7.07. The molecule has 1 aliphatic heterocycles. The number of nitrogens with one attached hydrogen (secondary N) is 3. The van der Waals surface area contributed by atoms with Gasteiger partial charge in [-0.1, -0.05) is 0 Å². The number of hydrogen-bond donors (Lipinski definition) is 4. The van der Waals surface area contributed by atoms with Gasteiger partial charge in [0.15, 0.2) is 0 Å². The number of aromatic amines is 1. The molecule has 0 fully saturated rings. The molecule has 2 aromatic rings. The molecule has 8 nitrogen and oxygen atoms in total. The smallest absolute Gasteiger partial charge is 0.337 e. The van der Waals surface area contributed by atoms with Crippen LogP contribution in [0.5, 0.6) is 0 Å². The summed E-state index contributed by atoms with van der Waals surface area (Å²) in [7, 11) is 1.35.